The molecule has 0 unspecified atom stereocenters. The summed E-state index contributed by atoms with van der Waals surface area (Å²) >= 11 is 0. The van der Waals surface area contributed by atoms with Gasteiger partial charge in [-0.05, 0) is 30.3 Å². The quantitative estimate of drug-likeness (QED) is 0.730. The van der Waals surface area contributed by atoms with Gasteiger partial charge < -0.3 is 0 Å². The summed E-state index contributed by atoms with van der Waals surface area (Å²) in [5.74, 6) is -2.68. The first-order chi connectivity index (χ1) is 10.6. The van der Waals surface area contributed by atoms with Crippen molar-refractivity contribution >= 4 is 0 Å². The molecule has 0 radical (unpaired) electrons. The summed E-state index contributed by atoms with van der Waals surface area (Å²) in [6, 6.07) is 10.6. The normalized spacial score (nSPS) is 10.5. The molecule has 0 saturated heterocycles. The summed E-state index contributed by atoms with van der Waals surface area (Å²) in [5, 5.41) is 16.5. The standard InChI is InChI=1S/C15H7F3N4/c16-10-6-5-9(7-12(10)18)15-13(8-19)20-21-22(15)14-4-2-1-3-11(14)17/h1-7H. The molecule has 0 aliphatic carbocycles. The number of hydrogen-bond donors (Lipinski definition) is 0. The fraction of sp³-hybridized carbons (Fsp3) is 0. The third kappa shape index (κ3) is 2.20. The number of para-hydroxylation sites is 1. The largest absolute Gasteiger partial charge is 0.208 e. The molecule has 0 N–H and O–H groups in total. The average molecular weight is 300 g/mol. The van der Waals surface area contributed by atoms with E-state index in [0.29, 0.717) is 0 Å². The predicted octanol–water partition coefficient (Wildman–Crippen LogP) is 3.22. The van der Waals surface area contributed by atoms with Crippen LogP contribution in [-0.2, 0) is 0 Å². The Labute approximate surface area is 123 Å². The van der Waals surface area contributed by atoms with Crippen molar-refractivity contribution in [3.63, 3.8) is 0 Å². The minimum Gasteiger partial charge on any atom is -0.208 e. The fourth-order valence-electron chi connectivity index (χ4n) is 2.05. The molecule has 0 aliphatic rings. The Balaban J connectivity index is 2.27. The summed E-state index contributed by atoms with van der Waals surface area (Å²) in [7, 11) is 0. The van der Waals surface area contributed by atoms with Gasteiger partial charge in [0, 0.05) is 5.56 Å². The van der Waals surface area contributed by atoms with Crippen LogP contribution >= 0.6 is 0 Å². The van der Waals surface area contributed by atoms with Crippen LogP contribution in [0.2, 0.25) is 0 Å². The second-order valence-electron chi connectivity index (χ2n) is 4.39. The summed E-state index contributed by atoms with van der Waals surface area (Å²) in [6.07, 6.45) is 0. The Bertz CT molecular complexity index is 896. The molecule has 3 aromatic rings. The first-order valence-corrected chi connectivity index (χ1v) is 6.18. The van der Waals surface area contributed by atoms with E-state index >= 15 is 0 Å². The Morgan fingerprint density at radius 2 is 1.73 bits per heavy atom. The van der Waals surface area contributed by atoms with Crippen molar-refractivity contribution in [1.29, 1.82) is 5.26 Å². The van der Waals surface area contributed by atoms with E-state index in [1.165, 1.54) is 24.3 Å². The highest BCUT2D eigenvalue weighted by Crippen LogP contribution is 2.27. The smallest absolute Gasteiger partial charge is 0.191 e. The van der Waals surface area contributed by atoms with Gasteiger partial charge in [-0.25, -0.2) is 17.9 Å². The van der Waals surface area contributed by atoms with Crippen LogP contribution in [0.15, 0.2) is 42.5 Å². The van der Waals surface area contributed by atoms with Gasteiger partial charge >= 0.3 is 0 Å². The third-order valence-electron chi connectivity index (χ3n) is 3.05. The van der Waals surface area contributed by atoms with Gasteiger partial charge in [0.15, 0.2) is 17.3 Å². The van der Waals surface area contributed by atoms with E-state index in [2.05, 4.69) is 10.3 Å². The molecule has 22 heavy (non-hydrogen) atoms. The van der Waals surface area contributed by atoms with Crippen molar-refractivity contribution in [2.75, 3.05) is 0 Å². The fourth-order valence-corrected chi connectivity index (χ4v) is 2.05. The summed E-state index contributed by atoms with van der Waals surface area (Å²) < 4.78 is 41.5. The first kappa shape index (κ1) is 13.8. The Morgan fingerprint density at radius 1 is 0.955 bits per heavy atom. The molecule has 0 spiro atoms. The van der Waals surface area contributed by atoms with Crippen molar-refractivity contribution in [2.45, 2.75) is 0 Å². The highest BCUT2D eigenvalue weighted by Gasteiger charge is 2.19. The number of benzene rings is 2. The average Bonchev–Trinajstić information content (AvgIpc) is 2.94. The van der Waals surface area contributed by atoms with Crippen LogP contribution in [0.25, 0.3) is 16.9 Å². The maximum absolute atomic E-state index is 13.9. The lowest BCUT2D eigenvalue weighted by Crippen LogP contribution is -2.02. The molecule has 3 rings (SSSR count). The lowest BCUT2D eigenvalue weighted by Gasteiger charge is -2.08. The SMILES string of the molecule is N#Cc1nnn(-c2ccccc2F)c1-c1ccc(F)c(F)c1. The van der Waals surface area contributed by atoms with Crippen molar-refractivity contribution in [1.82, 2.24) is 15.0 Å². The van der Waals surface area contributed by atoms with Gasteiger partial charge in [-0.15, -0.1) is 5.10 Å². The molecular weight excluding hydrogens is 293 g/mol. The minimum absolute atomic E-state index is 0.0521. The van der Waals surface area contributed by atoms with Crippen molar-refractivity contribution in [2.24, 2.45) is 0 Å². The van der Waals surface area contributed by atoms with Gasteiger partial charge in [0.05, 0.1) is 0 Å². The van der Waals surface area contributed by atoms with E-state index in [9.17, 15) is 13.2 Å². The van der Waals surface area contributed by atoms with Gasteiger partial charge in [0.1, 0.15) is 23.3 Å². The Kier molecular flexibility index (Phi) is 3.35. The third-order valence-corrected chi connectivity index (χ3v) is 3.05. The van der Waals surface area contributed by atoms with Gasteiger partial charge in [-0.1, -0.05) is 17.3 Å². The molecule has 0 bridgehead atoms. The number of halogens is 3. The van der Waals surface area contributed by atoms with Crippen LogP contribution in [-0.4, -0.2) is 15.0 Å². The van der Waals surface area contributed by atoms with Crippen LogP contribution in [0.5, 0.6) is 0 Å². The van der Waals surface area contributed by atoms with Crippen molar-refractivity contribution < 1.29 is 13.2 Å². The predicted molar refractivity (Wildman–Crippen MR) is 71.4 cm³/mol. The molecule has 2 aromatic carbocycles. The van der Waals surface area contributed by atoms with Gasteiger partial charge in [-0.3, -0.25) is 0 Å². The lowest BCUT2D eigenvalue weighted by molar-refractivity contribution is 0.509. The molecule has 0 aliphatic heterocycles. The summed E-state index contributed by atoms with van der Waals surface area (Å²) in [6.45, 7) is 0. The van der Waals surface area contributed by atoms with E-state index in [4.69, 9.17) is 5.26 Å². The Hall–Kier alpha value is -3.14. The van der Waals surface area contributed by atoms with Crippen LogP contribution in [0.4, 0.5) is 13.2 Å². The zero-order chi connectivity index (χ0) is 15.7. The molecule has 0 saturated carbocycles. The minimum atomic E-state index is -1.08. The number of nitrogens with zero attached hydrogens (tertiary/aromatic N) is 4. The monoisotopic (exact) mass is 300 g/mol. The molecule has 0 fully saturated rings. The number of rotatable bonds is 2. The molecule has 0 amide bonds. The van der Waals surface area contributed by atoms with E-state index < -0.39 is 17.5 Å². The van der Waals surface area contributed by atoms with Crippen LogP contribution in [0, 0.1) is 28.8 Å². The maximum Gasteiger partial charge on any atom is 0.191 e. The molecule has 4 nitrogen and oxygen atoms in total. The van der Waals surface area contributed by atoms with Gasteiger partial charge in [0.25, 0.3) is 0 Å². The zero-order valence-corrected chi connectivity index (χ0v) is 11.0. The molecule has 0 atom stereocenters. The number of nitriles is 1. The molecular formula is C15H7F3N4. The van der Waals surface area contributed by atoms with Crippen molar-refractivity contribution in [3.8, 4) is 23.0 Å². The van der Waals surface area contributed by atoms with Crippen molar-refractivity contribution in [3.05, 3.63) is 65.6 Å². The molecule has 7 heteroatoms. The molecule has 1 aromatic heterocycles. The highest BCUT2D eigenvalue weighted by atomic mass is 19.2. The highest BCUT2D eigenvalue weighted by molar-refractivity contribution is 5.67. The summed E-state index contributed by atoms with van der Waals surface area (Å²) in [5.41, 5.74) is 0.195. The maximum atomic E-state index is 13.9. The van der Waals surface area contributed by atoms with Gasteiger partial charge in [0.2, 0.25) is 0 Å². The second-order valence-corrected chi connectivity index (χ2v) is 4.39. The number of aromatic nitrogens is 3. The zero-order valence-electron chi connectivity index (χ0n) is 11.0. The van der Waals surface area contributed by atoms with E-state index in [1.54, 1.807) is 12.1 Å². The number of hydrogen-bond acceptors (Lipinski definition) is 3. The van der Waals surface area contributed by atoms with E-state index in [-0.39, 0.29) is 22.6 Å². The lowest BCUT2D eigenvalue weighted by atomic mass is 10.1. The summed E-state index contributed by atoms with van der Waals surface area (Å²) in [4.78, 5) is 0. The topological polar surface area (TPSA) is 54.5 Å². The van der Waals surface area contributed by atoms with E-state index in [1.807, 2.05) is 0 Å². The van der Waals surface area contributed by atoms with Gasteiger partial charge in [-0.2, -0.15) is 5.26 Å². The molecule has 1 heterocycles. The Morgan fingerprint density at radius 3 is 2.41 bits per heavy atom. The second kappa shape index (κ2) is 5.33. The van der Waals surface area contributed by atoms with Crippen LogP contribution in [0.1, 0.15) is 5.69 Å². The van der Waals surface area contributed by atoms with Crippen LogP contribution < -0.4 is 0 Å². The molecule has 108 valence electrons. The first-order valence-electron chi connectivity index (χ1n) is 6.18. The van der Waals surface area contributed by atoms with Crippen LogP contribution in [0.3, 0.4) is 0 Å². The van der Waals surface area contributed by atoms with E-state index in [0.717, 1.165) is 16.8 Å².